The van der Waals surface area contributed by atoms with Crippen LogP contribution in [0.25, 0.3) is 0 Å². The average Bonchev–Trinajstić information content (AvgIpc) is 2.41. The van der Waals surface area contributed by atoms with Gasteiger partial charge in [0.15, 0.2) is 0 Å². The van der Waals surface area contributed by atoms with Gasteiger partial charge in [0.1, 0.15) is 5.75 Å². The topological polar surface area (TPSA) is 66.4 Å². The molecule has 2 N–H and O–H groups in total. The van der Waals surface area contributed by atoms with Gasteiger partial charge in [-0.05, 0) is 29.7 Å². The highest BCUT2D eigenvalue weighted by Crippen LogP contribution is 2.26. The molecule has 0 aliphatic heterocycles. The van der Waals surface area contributed by atoms with Crippen molar-refractivity contribution in [2.75, 3.05) is 4.72 Å². The first-order valence-corrected chi connectivity index (χ1v) is 8.01. The lowest BCUT2D eigenvalue weighted by atomic mass is 10.1. The third kappa shape index (κ3) is 3.74. The lowest BCUT2D eigenvalue weighted by Gasteiger charge is -2.11. The van der Waals surface area contributed by atoms with Crippen molar-refractivity contribution in [1.29, 1.82) is 0 Å². The third-order valence-electron chi connectivity index (χ3n) is 2.93. The molecule has 0 bridgehead atoms. The number of benzene rings is 2. The maximum absolute atomic E-state index is 12.1. The van der Waals surface area contributed by atoms with Crippen LogP contribution in [0.15, 0.2) is 48.5 Å². The summed E-state index contributed by atoms with van der Waals surface area (Å²) in [5.74, 6) is -0.192. The van der Waals surface area contributed by atoms with E-state index >= 15 is 0 Å². The van der Waals surface area contributed by atoms with Gasteiger partial charge >= 0.3 is 0 Å². The molecule has 0 radical (unpaired) electrons. The fraction of sp³-hybridized carbons (Fsp3) is 0.200. The van der Waals surface area contributed by atoms with Crippen LogP contribution in [0.3, 0.4) is 0 Å². The summed E-state index contributed by atoms with van der Waals surface area (Å²) in [7, 11) is -3.55. The van der Waals surface area contributed by atoms with E-state index in [1.54, 1.807) is 36.4 Å². The molecule has 2 rings (SSSR count). The molecule has 0 aliphatic carbocycles. The molecule has 0 saturated carbocycles. The van der Waals surface area contributed by atoms with Gasteiger partial charge in [0.05, 0.1) is 11.4 Å². The number of phenolic OH excluding ortho intramolecular Hbond substituents is 1. The van der Waals surface area contributed by atoms with Gasteiger partial charge in [0.2, 0.25) is 10.0 Å². The van der Waals surface area contributed by atoms with Crippen molar-refractivity contribution in [3.63, 3.8) is 0 Å². The van der Waals surface area contributed by atoms with E-state index in [2.05, 4.69) is 4.72 Å². The highest BCUT2D eigenvalue weighted by atomic mass is 32.2. The quantitative estimate of drug-likeness (QED) is 0.832. The number of nitrogens with one attached hydrogen (secondary N) is 1. The van der Waals surface area contributed by atoms with Crippen molar-refractivity contribution in [3.05, 3.63) is 59.7 Å². The lowest BCUT2D eigenvalue weighted by Crippen LogP contribution is -2.15. The van der Waals surface area contributed by atoms with Gasteiger partial charge in [-0.25, -0.2) is 8.42 Å². The number of sulfonamides is 1. The van der Waals surface area contributed by atoms with E-state index in [9.17, 15) is 13.5 Å². The molecule has 4 nitrogen and oxygen atoms in total. The summed E-state index contributed by atoms with van der Waals surface area (Å²) in [5.41, 5.74) is 1.88. The van der Waals surface area contributed by atoms with Crippen molar-refractivity contribution in [2.45, 2.75) is 19.1 Å². The van der Waals surface area contributed by atoms with Crippen LogP contribution in [-0.4, -0.2) is 13.5 Å². The largest absolute Gasteiger partial charge is 0.506 e. The molecule has 2 aromatic carbocycles. The zero-order valence-corrected chi connectivity index (χ0v) is 12.0. The number of hydrogen-bond acceptors (Lipinski definition) is 3. The Kier molecular flexibility index (Phi) is 4.29. The summed E-state index contributed by atoms with van der Waals surface area (Å²) in [6.45, 7) is 1.97. The zero-order valence-electron chi connectivity index (χ0n) is 11.2. The van der Waals surface area contributed by atoms with Crippen LogP contribution in [-0.2, 0) is 22.2 Å². The van der Waals surface area contributed by atoms with E-state index < -0.39 is 10.0 Å². The smallest absolute Gasteiger partial charge is 0.237 e. The maximum Gasteiger partial charge on any atom is 0.237 e. The summed E-state index contributed by atoms with van der Waals surface area (Å²) in [6.07, 6.45) is 0.772. The van der Waals surface area contributed by atoms with Crippen LogP contribution in [0, 0.1) is 0 Å². The Hall–Kier alpha value is -2.01. The molecular formula is C15H17NO3S. The van der Waals surface area contributed by atoms with Gasteiger partial charge in [-0.3, -0.25) is 4.72 Å². The second-order valence-electron chi connectivity index (χ2n) is 4.55. The SMILES string of the molecule is CCc1ccc(O)c(NS(=O)(=O)Cc2ccccc2)c1. The fourth-order valence-electron chi connectivity index (χ4n) is 1.88. The van der Waals surface area contributed by atoms with Gasteiger partial charge in [-0.1, -0.05) is 43.3 Å². The number of phenols is 1. The fourth-order valence-corrected chi connectivity index (χ4v) is 3.08. The van der Waals surface area contributed by atoms with Crippen molar-refractivity contribution in [1.82, 2.24) is 0 Å². The summed E-state index contributed by atoms with van der Waals surface area (Å²) in [5, 5.41) is 9.73. The molecule has 0 aromatic heterocycles. The molecular weight excluding hydrogens is 274 g/mol. The summed E-state index contributed by atoms with van der Waals surface area (Å²) in [4.78, 5) is 0. The van der Waals surface area contributed by atoms with Crippen LogP contribution < -0.4 is 4.72 Å². The molecule has 0 aliphatic rings. The van der Waals surface area contributed by atoms with Gasteiger partial charge in [0.25, 0.3) is 0 Å². The van der Waals surface area contributed by atoms with Crippen LogP contribution in [0.2, 0.25) is 0 Å². The number of aryl methyl sites for hydroxylation is 1. The van der Waals surface area contributed by atoms with Gasteiger partial charge in [0, 0.05) is 0 Å². The van der Waals surface area contributed by atoms with Crippen LogP contribution in [0.4, 0.5) is 5.69 Å². The molecule has 2 aromatic rings. The highest BCUT2D eigenvalue weighted by Gasteiger charge is 2.14. The van der Waals surface area contributed by atoms with Crippen molar-refractivity contribution >= 4 is 15.7 Å². The maximum atomic E-state index is 12.1. The number of hydrogen-bond donors (Lipinski definition) is 2. The normalized spacial score (nSPS) is 11.2. The van der Waals surface area contributed by atoms with Crippen LogP contribution in [0.5, 0.6) is 5.75 Å². The Balaban J connectivity index is 2.20. The standard InChI is InChI=1S/C15H17NO3S/c1-2-12-8-9-15(17)14(10-12)16-20(18,19)11-13-6-4-3-5-7-13/h3-10,16-17H,2,11H2,1H3. The first kappa shape index (κ1) is 14.4. The summed E-state index contributed by atoms with van der Waals surface area (Å²) in [6, 6.07) is 13.8. The second-order valence-corrected chi connectivity index (χ2v) is 6.27. The molecule has 0 heterocycles. The Morgan fingerprint density at radius 1 is 1.05 bits per heavy atom. The molecule has 0 fully saturated rings. The number of aromatic hydroxyl groups is 1. The van der Waals surface area contributed by atoms with Gasteiger partial charge in [-0.15, -0.1) is 0 Å². The summed E-state index contributed by atoms with van der Waals surface area (Å²) < 4.78 is 26.6. The summed E-state index contributed by atoms with van der Waals surface area (Å²) >= 11 is 0. The van der Waals surface area contributed by atoms with Crippen molar-refractivity contribution in [2.24, 2.45) is 0 Å². The highest BCUT2D eigenvalue weighted by molar-refractivity contribution is 7.91. The molecule has 0 saturated heterocycles. The number of rotatable bonds is 5. The first-order chi connectivity index (χ1) is 9.50. The van der Waals surface area contributed by atoms with Crippen molar-refractivity contribution in [3.8, 4) is 5.75 Å². The van der Waals surface area contributed by atoms with E-state index in [0.717, 1.165) is 12.0 Å². The number of anilines is 1. The molecule has 20 heavy (non-hydrogen) atoms. The van der Waals surface area contributed by atoms with E-state index in [1.807, 2.05) is 13.0 Å². The minimum atomic E-state index is -3.55. The van der Waals surface area contributed by atoms with Crippen LogP contribution in [0.1, 0.15) is 18.1 Å². The molecule has 0 unspecified atom stereocenters. The van der Waals surface area contributed by atoms with E-state index in [4.69, 9.17) is 0 Å². The zero-order chi connectivity index (χ0) is 14.6. The Morgan fingerprint density at radius 2 is 1.75 bits per heavy atom. The minimum absolute atomic E-state index is 0.0705. The monoisotopic (exact) mass is 291 g/mol. The molecule has 5 heteroatoms. The van der Waals surface area contributed by atoms with Gasteiger partial charge in [-0.2, -0.15) is 0 Å². The Bertz CT molecular complexity index is 682. The van der Waals surface area contributed by atoms with E-state index in [0.29, 0.717) is 5.56 Å². The van der Waals surface area contributed by atoms with Crippen LogP contribution >= 0.6 is 0 Å². The predicted molar refractivity (Wildman–Crippen MR) is 80.2 cm³/mol. The molecule has 0 spiro atoms. The average molecular weight is 291 g/mol. The molecule has 0 atom stereocenters. The second kappa shape index (κ2) is 5.96. The van der Waals surface area contributed by atoms with E-state index in [1.165, 1.54) is 6.07 Å². The molecule has 0 amide bonds. The third-order valence-corrected chi connectivity index (χ3v) is 4.18. The molecule has 106 valence electrons. The Morgan fingerprint density at radius 3 is 2.40 bits per heavy atom. The predicted octanol–water partition coefficient (Wildman–Crippen LogP) is 2.90. The van der Waals surface area contributed by atoms with Crippen molar-refractivity contribution < 1.29 is 13.5 Å². The van der Waals surface area contributed by atoms with Gasteiger partial charge < -0.3 is 5.11 Å². The Labute approximate surface area is 119 Å². The first-order valence-electron chi connectivity index (χ1n) is 6.36. The lowest BCUT2D eigenvalue weighted by molar-refractivity contribution is 0.477. The minimum Gasteiger partial charge on any atom is -0.506 e. The van der Waals surface area contributed by atoms with E-state index in [-0.39, 0.29) is 17.2 Å².